The van der Waals surface area contributed by atoms with Crippen molar-refractivity contribution in [1.29, 1.82) is 0 Å². The van der Waals surface area contributed by atoms with Crippen LogP contribution in [0.15, 0.2) is 55.1 Å². The molecule has 1 aliphatic rings. The number of aromatic nitrogens is 2. The molecule has 2 heterocycles. The van der Waals surface area contributed by atoms with Crippen molar-refractivity contribution in [1.82, 2.24) is 14.5 Å². The first kappa shape index (κ1) is 21.0. The fourth-order valence-electron chi connectivity index (χ4n) is 4.26. The van der Waals surface area contributed by atoms with Crippen LogP contribution in [0.25, 0.3) is 11.0 Å². The maximum atomic E-state index is 12.3. The molecule has 2 aromatic carbocycles. The number of nitrogens with zero attached hydrogens (tertiary/aromatic N) is 3. The molecular formula is C25H29N3O3. The molecule has 31 heavy (non-hydrogen) atoms. The molecule has 0 radical (unpaired) electrons. The lowest BCUT2D eigenvalue weighted by atomic mass is 10.1. The molecule has 6 nitrogen and oxygen atoms in total. The number of hydrogen-bond acceptors (Lipinski definition) is 4. The smallest absolute Gasteiger partial charge is 0.223 e. The van der Waals surface area contributed by atoms with E-state index in [4.69, 9.17) is 14.5 Å². The maximum absolute atomic E-state index is 12.3. The summed E-state index contributed by atoms with van der Waals surface area (Å²) in [5.74, 6) is 2.70. The second-order valence-electron chi connectivity index (χ2n) is 7.77. The average Bonchev–Trinajstić information content (AvgIpc) is 3.35. The number of methoxy groups -OCH3 is 1. The minimum Gasteiger partial charge on any atom is -0.493 e. The van der Waals surface area contributed by atoms with E-state index >= 15 is 0 Å². The summed E-state index contributed by atoms with van der Waals surface area (Å²) < 4.78 is 13.8. The first-order chi connectivity index (χ1) is 15.1. The molecule has 0 aliphatic carbocycles. The number of likely N-dealkylation sites (tertiary alicyclic amines) is 1. The van der Waals surface area contributed by atoms with Crippen LogP contribution < -0.4 is 9.47 Å². The summed E-state index contributed by atoms with van der Waals surface area (Å²) in [5.41, 5.74) is 3.15. The molecule has 1 fully saturated rings. The van der Waals surface area contributed by atoms with E-state index in [1.54, 1.807) is 7.11 Å². The van der Waals surface area contributed by atoms with Crippen LogP contribution in [0.1, 0.15) is 30.7 Å². The fourth-order valence-corrected chi connectivity index (χ4v) is 4.26. The Morgan fingerprint density at radius 2 is 2.06 bits per heavy atom. The van der Waals surface area contributed by atoms with Gasteiger partial charge in [-0.15, -0.1) is 6.58 Å². The second-order valence-corrected chi connectivity index (χ2v) is 7.77. The van der Waals surface area contributed by atoms with E-state index < -0.39 is 0 Å². The number of ether oxygens (including phenoxy) is 2. The van der Waals surface area contributed by atoms with E-state index in [1.165, 1.54) is 0 Å². The maximum Gasteiger partial charge on any atom is 0.223 e. The van der Waals surface area contributed by atoms with Gasteiger partial charge in [-0.25, -0.2) is 4.98 Å². The Kier molecular flexibility index (Phi) is 6.26. The highest BCUT2D eigenvalue weighted by atomic mass is 16.5. The predicted octanol–water partition coefficient (Wildman–Crippen LogP) is 4.19. The monoisotopic (exact) mass is 419 g/mol. The van der Waals surface area contributed by atoms with E-state index in [0.29, 0.717) is 19.6 Å². The second kappa shape index (κ2) is 9.25. The number of allylic oxidation sites excluding steroid dienone is 1. The summed E-state index contributed by atoms with van der Waals surface area (Å²) in [7, 11) is 1.65. The Morgan fingerprint density at radius 1 is 1.23 bits per heavy atom. The zero-order valence-electron chi connectivity index (χ0n) is 18.2. The third-order valence-corrected chi connectivity index (χ3v) is 5.83. The number of likely N-dealkylation sites (N-methyl/N-ethyl adjacent to an activating group) is 1. The van der Waals surface area contributed by atoms with Crippen LogP contribution in [-0.4, -0.2) is 47.2 Å². The van der Waals surface area contributed by atoms with Gasteiger partial charge < -0.3 is 18.9 Å². The number of amides is 1. The summed E-state index contributed by atoms with van der Waals surface area (Å²) in [4.78, 5) is 19.1. The van der Waals surface area contributed by atoms with Gasteiger partial charge in [0.1, 0.15) is 12.4 Å². The molecule has 0 saturated carbocycles. The molecule has 1 amide bonds. The number of hydrogen-bond donors (Lipinski definition) is 0. The molecular weight excluding hydrogens is 390 g/mol. The van der Waals surface area contributed by atoms with Crippen LogP contribution >= 0.6 is 0 Å². The average molecular weight is 420 g/mol. The zero-order valence-corrected chi connectivity index (χ0v) is 18.2. The van der Waals surface area contributed by atoms with Crippen molar-refractivity contribution in [2.75, 3.05) is 26.8 Å². The summed E-state index contributed by atoms with van der Waals surface area (Å²) in [6.07, 6.45) is 3.17. The van der Waals surface area contributed by atoms with Crippen LogP contribution in [0.5, 0.6) is 11.5 Å². The summed E-state index contributed by atoms with van der Waals surface area (Å²) >= 11 is 0. The third-order valence-electron chi connectivity index (χ3n) is 5.83. The number of carbonyl (C=O) groups excluding carboxylic acids is 1. The van der Waals surface area contributed by atoms with Crippen molar-refractivity contribution in [3.8, 4) is 11.5 Å². The van der Waals surface area contributed by atoms with Gasteiger partial charge in [0.25, 0.3) is 0 Å². The molecule has 1 unspecified atom stereocenters. The van der Waals surface area contributed by atoms with Gasteiger partial charge in [-0.05, 0) is 43.2 Å². The fraction of sp³-hybridized carbons (Fsp3) is 0.360. The first-order valence-electron chi connectivity index (χ1n) is 10.8. The number of benzene rings is 2. The van der Waals surface area contributed by atoms with E-state index in [-0.39, 0.29) is 11.8 Å². The molecule has 1 aromatic heterocycles. The van der Waals surface area contributed by atoms with E-state index in [9.17, 15) is 4.79 Å². The van der Waals surface area contributed by atoms with E-state index in [0.717, 1.165) is 53.4 Å². The van der Waals surface area contributed by atoms with Gasteiger partial charge in [-0.2, -0.15) is 0 Å². The predicted molar refractivity (Wildman–Crippen MR) is 122 cm³/mol. The molecule has 6 heteroatoms. The Balaban J connectivity index is 1.55. The molecule has 1 aliphatic heterocycles. The number of para-hydroxylation sites is 2. The number of imidazole rings is 1. The van der Waals surface area contributed by atoms with Crippen molar-refractivity contribution < 1.29 is 14.3 Å². The summed E-state index contributed by atoms with van der Waals surface area (Å²) in [6, 6.07) is 14.1. The van der Waals surface area contributed by atoms with Gasteiger partial charge in [0.15, 0.2) is 11.5 Å². The number of fused-ring (bicyclic) bond motifs is 1. The van der Waals surface area contributed by atoms with Gasteiger partial charge in [0.05, 0.1) is 24.7 Å². The lowest BCUT2D eigenvalue weighted by Crippen LogP contribution is -2.24. The zero-order chi connectivity index (χ0) is 21.8. The van der Waals surface area contributed by atoms with E-state index in [1.807, 2.05) is 54.3 Å². The summed E-state index contributed by atoms with van der Waals surface area (Å²) in [6.45, 7) is 8.38. The minimum atomic E-state index is 0.104. The SMILES string of the molecule is C=CCc1ccc(OCCn2c(C3CC(=O)N(CC)C3)nc3ccccc32)c(OC)c1. The van der Waals surface area contributed by atoms with Crippen molar-refractivity contribution in [3.05, 3.63) is 66.5 Å². The molecule has 0 bridgehead atoms. The van der Waals surface area contributed by atoms with Gasteiger partial charge in [-0.3, -0.25) is 4.79 Å². The van der Waals surface area contributed by atoms with Crippen LogP contribution in [-0.2, 0) is 17.8 Å². The molecule has 3 aromatic rings. The summed E-state index contributed by atoms with van der Waals surface area (Å²) in [5, 5.41) is 0. The van der Waals surface area contributed by atoms with Gasteiger partial charge in [0, 0.05) is 25.4 Å². The Bertz CT molecular complexity index is 1090. The van der Waals surface area contributed by atoms with Gasteiger partial charge >= 0.3 is 0 Å². The van der Waals surface area contributed by atoms with Crippen molar-refractivity contribution in [2.24, 2.45) is 0 Å². The lowest BCUT2D eigenvalue weighted by Gasteiger charge is -2.16. The Labute approximate surface area is 183 Å². The Hall–Kier alpha value is -3.28. The quantitative estimate of drug-likeness (QED) is 0.488. The molecule has 1 saturated heterocycles. The van der Waals surface area contributed by atoms with E-state index in [2.05, 4.69) is 17.2 Å². The van der Waals surface area contributed by atoms with Crippen LogP contribution in [0.4, 0.5) is 0 Å². The van der Waals surface area contributed by atoms with Crippen LogP contribution in [0, 0.1) is 0 Å². The molecule has 0 N–H and O–H groups in total. The first-order valence-corrected chi connectivity index (χ1v) is 10.8. The molecule has 0 spiro atoms. The normalized spacial score (nSPS) is 16.1. The van der Waals surface area contributed by atoms with Crippen LogP contribution in [0.3, 0.4) is 0 Å². The third kappa shape index (κ3) is 4.29. The number of carbonyl (C=O) groups is 1. The minimum absolute atomic E-state index is 0.104. The van der Waals surface area contributed by atoms with Crippen molar-refractivity contribution >= 4 is 16.9 Å². The molecule has 162 valence electrons. The number of rotatable bonds is 9. The topological polar surface area (TPSA) is 56.6 Å². The highest BCUT2D eigenvalue weighted by Gasteiger charge is 2.33. The highest BCUT2D eigenvalue weighted by molar-refractivity contribution is 5.80. The largest absolute Gasteiger partial charge is 0.493 e. The Morgan fingerprint density at radius 3 is 2.81 bits per heavy atom. The lowest BCUT2D eigenvalue weighted by molar-refractivity contribution is -0.127. The van der Waals surface area contributed by atoms with Gasteiger partial charge in [0.2, 0.25) is 5.91 Å². The molecule has 4 rings (SSSR count). The molecule has 1 atom stereocenters. The van der Waals surface area contributed by atoms with Crippen molar-refractivity contribution in [3.63, 3.8) is 0 Å². The van der Waals surface area contributed by atoms with Gasteiger partial charge in [-0.1, -0.05) is 24.3 Å². The standard InChI is InChI=1S/C25H29N3O3/c1-4-8-18-11-12-22(23(15-18)30-3)31-14-13-28-21-10-7-6-9-20(21)26-25(28)19-16-24(29)27(5-2)17-19/h4,6-7,9-12,15,19H,1,5,8,13-14,16-17H2,2-3H3. The highest BCUT2D eigenvalue weighted by Crippen LogP contribution is 2.31. The van der Waals surface area contributed by atoms with Crippen molar-refractivity contribution in [2.45, 2.75) is 32.2 Å². The van der Waals surface area contributed by atoms with Crippen LogP contribution in [0.2, 0.25) is 0 Å².